The molecule has 0 saturated heterocycles. The Morgan fingerprint density at radius 3 is 2.88 bits per heavy atom. The molecule has 0 fully saturated rings. The molecule has 1 heterocycles. The molecule has 90 valence electrons. The second-order valence-electron chi connectivity index (χ2n) is 4.02. The zero-order valence-corrected chi connectivity index (χ0v) is 12.0. The molecule has 0 bridgehead atoms. The molecule has 2 rings (SSSR count). The van der Waals surface area contributed by atoms with Gasteiger partial charge in [-0.1, -0.05) is 41.1 Å². The van der Waals surface area contributed by atoms with Crippen LogP contribution in [0.25, 0.3) is 0 Å². The highest BCUT2D eigenvalue weighted by molar-refractivity contribution is 9.10. The van der Waals surface area contributed by atoms with Gasteiger partial charge in [0.15, 0.2) is 0 Å². The minimum absolute atomic E-state index is 0.124. The van der Waals surface area contributed by atoms with Gasteiger partial charge in [-0.2, -0.15) is 0 Å². The Morgan fingerprint density at radius 1 is 1.41 bits per heavy atom. The quantitative estimate of drug-likeness (QED) is 0.936. The third-order valence-electron chi connectivity index (χ3n) is 2.65. The molecule has 0 amide bonds. The third kappa shape index (κ3) is 3.15. The van der Waals surface area contributed by atoms with Crippen molar-refractivity contribution in [3.8, 4) is 0 Å². The highest BCUT2D eigenvalue weighted by Gasteiger charge is 2.10. The third-order valence-corrected chi connectivity index (χ3v) is 4.29. The van der Waals surface area contributed by atoms with Crippen molar-refractivity contribution < 1.29 is 5.11 Å². The van der Waals surface area contributed by atoms with Crippen LogP contribution in [-0.4, -0.2) is 16.7 Å². The second kappa shape index (κ2) is 5.76. The summed E-state index contributed by atoms with van der Waals surface area (Å²) >= 11 is 5.19. The lowest BCUT2D eigenvalue weighted by Gasteiger charge is -2.03. The molecule has 0 radical (unpaired) electrons. The summed E-state index contributed by atoms with van der Waals surface area (Å²) in [5, 5.41) is 12.2. The number of aromatic nitrogens is 1. The standard InChI is InChI=1S/C13H14BrNOS/c1-9(7-16)12-8-17-13(15-12)6-10-4-2-3-5-11(10)14/h2-5,8-9,16H,6-7H2,1H3. The van der Waals surface area contributed by atoms with Crippen molar-refractivity contribution in [3.63, 3.8) is 0 Å². The smallest absolute Gasteiger partial charge is 0.0972 e. The summed E-state index contributed by atoms with van der Waals surface area (Å²) in [7, 11) is 0. The lowest BCUT2D eigenvalue weighted by Crippen LogP contribution is -1.99. The average Bonchev–Trinajstić information content (AvgIpc) is 2.80. The van der Waals surface area contributed by atoms with Gasteiger partial charge in [0.2, 0.25) is 0 Å². The maximum atomic E-state index is 9.09. The Balaban J connectivity index is 2.14. The number of thiazole rings is 1. The molecule has 17 heavy (non-hydrogen) atoms. The molecule has 0 saturated carbocycles. The van der Waals surface area contributed by atoms with Gasteiger partial charge in [-0.25, -0.2) is 4.98 Å². The van der Waals surface area contributed by atoms with Gasteiger partial charge in [0.1, 0.15) is 0 Å². The van der Waals surface area contributed by atoms with Gasteiger partial charge in [-0.05, 0) is 11.6 Å². The van der Waals surface area contributed by atoms with Crippen molar-refractivity contribution in [2.75, 3.05) is 6.61 Å². The van der Waals surface area contributed by atoms with E-state index in [9.17, 15) is 0 Å². The fourth-order valence-corrected chi connectivity index (χ4v) is 2.89. The minimum Gasteiger partial charge on any atom is -0.396 e. The van der Waals surface area contributed by atoms with Crippen LogP contribution in [0, 0.1) is 0 Å². The Kier molecular flexibility index (Phi) is 4.31. The summed E-state index contributed by atoms with van der Waals surface area (Å²) < 4.78 is 1.12. The van der Waals surface area contributed by atoms with E-state index in [1.165, 1.54) is 5.56 Å². The predicted octanol–water partition coefficient (Wildman–Crippen LogP) is 3.59. The van der Waals surface area contributed by atoms with E-state index in [-0.39, 0.29) is 12.5 Å². The Labute approximate surface area is 113 Å². The minimum atomic E-state index is 0.124. The molecule has 0 spiro atoms. The van der Waals surface area contributed by atoms with Gasteiger partial charge in [-0.15, -0.1) is 11.3 Å². The van der Waals surface area contributed by atoms with Crippen LogP contribution in [0.4, 0.5) is 0 Å². The van der Waals surface area contributed by atoms with Gasteiger partial charge in [0, 0.05) is 22.2 Å². The summed E-state index contributed by atoms with van der Waals surface area (Å²) in [6, 6.07) is 8.18. The van der Waals surface area contributed by atoms with Crippen LogP contribution in [0.15, 0.2) is 34.1 Å². The molecule has 0 aliphatic rings. The Morgan fingerprint density at radius 2 is 2.18 bits per heavy atom. The Hall–Kier alpha value is -0.710. The number of aliphatic hydroxyl groups excluding tert-OH is 1. The number of aliphatic hydroxyl groups is 1. The topological polar surface area (TPSA) is 33.1 Å². The van der Waals surface area contributed by atoms with Gasteiger partial charge >= 0.3 is 0 Å². The first-order valence-electron chi connectivity index (χ1n) is 5.49. The van der Waals surface area contributed by atoms with E-state index < -0.39 is 0 Å². The summed E-state index contributed by atoms with van der Waals surface area (Å²) in [4.78, 5) is 4.56. The SMILES string of the molecule is CC(CO)c1csc(Cc2ccccc2Br)n1. The van der Waals surface area contributed by atoms with Crippen LogP contribution in [0.5, 0.6) is 0 Å². The van der Waals surface area contributed by atoms with E-state index in [2.05, 4.69) is 27.0 Å². The maximum absolute atomic E-state index is 9.09. The van der Waals surface area contributed by atoms with E-state index in [4.69, 9.17) is 5.11 Å². The van der Waals surface area contributed by atoms with Crippen LogP contribution in [0.3, 0.4) is 0 Å². The summed E-state index contributed by atoms with van der Waals surface area (Å²) in [6.07, 6.45) is 0.838. The summed E-state index contributed by atoms with van der Waals surface area (Å²) in [5.74, 6) is 0.124. The first kappa shape index (κ1) is 12.7. The molecule has 1 unspecified atom stereocenters. The van der Waals surface area contributed by atoms with E-state index in [1.807, 2.05) is 30.5 Å². The van der Waals surface area contributed by atoms with Crippen LogP contribution < -0.4 is 0 Å². The van der Waals surface area contributed by atoms with Gasteiger partial charge in [-0.3, -0.25) is 0 Å². The number of halogens is 1. The zero-order valence-electron chi connectivity index (χ0n) is 9.56. The van der Waals surface area contributed by atoms with E-state index in [0.717, 1.165) is 21.6 Å². The van der Waals surface area contributed by atoms with Gasteiger partial charge < -0.3 is 5.11 Å². The van der Waals surface area contributed by atoms with E-state index >= 15 is 0 Å². The molecule has 1 atom stereocenters. The molecule has 1 aromatic carbocycles. The van der Waals surface area contributed by atoms with Gasteiger partial charge in [0.25, 0.3) is 0 Å². The number of rotatable bonds is 4. The van der Waals surface area contributed by atoms with Crippen molar-refractivity contribution in [1.29, 1.82) is 0 Å². The lowest BCUT2D eigenvalue weighted by molar-refractivity contribution is 0.271. The monoisotopic (exact) mass is 311 g/mol. The molecular formula is C13H14BrNOS. The second-order valence-corrected chi connectivity index (χ2v) is 5.81. The number of benzene rings is 1. The van der Waals surface area contributed by atoms with Crippen molar-refractivity contribution >= 4 is 27.3 Å². The molecule has 0 aliphatic heterocycles. The number of nitrogens with zero attached hydrogens (tertiary/aromatic N) is 1. The molecule has 0 aliphatic carbocycles. The molecular weight excluding hydrogens is 298 g/mol. The first-order valence-corrected chi connectivity index (χ1v) is 7.16. The van der Waals surface area contributed by atoms with Crippen molar-refractivity contribution in [3.05, 3.63) is 50.4 Å². The highest BCUT2D eigenvalue weighted by atomic mass is 79.9. The fourth-order valence-electron chi connectivity index (χ4n) is 1.53. The molecule has 1 N–H and O–H groups in total. The normalized spacial score (nSPS) is 12.6. The van der Waals surface area contributed by atoms with E-state index in [0.29, 0.717) is 0 Å². The van der Waals surface area contributed by atoms with Crippen LogP contribution >= 0.6 is 27.3 Å². The predicted molar refractivity (Wildman–Crippen MR) is 74.6 cm³/mol. The summed E-state index contributed by atoms with van der Waals surface area (Å²) in [6.45, 7) is 2.13. The van der Waals surface area contributed by atoms with Crippen molar-refractivity contribution in [1.82, 2.24) is 4.98 Å². The van der Waals surface area contributed by atoms with Crippen molar-refractivity contribution in [2.45, 2.75) is 19.3 Å². The van der Waals surface area contributed by atoms with E-state index in [1.54, 1.807) is 11.3 Å². The number of hydrogen-bond acceptors (Lipinski definition) is 3. The van der Waals surface area contributed by atoms with Crippen molar-refractivity contribution in [2.24, 2.45) is 0 Å². The van der Waals surface area contributed by atoms with Crippen LogP contribution in [-0.2, 0) is 6.42 Å². The molecule has 4 heteroatoms. The molecule has 1 aromatic heterocycles. The van der Waals surface area contributed by atoms with Crippen LogP contribution in [0.2, 0.25) is 0 Å². The summed E-state index contributed by atoms with van der Waals surface area (Å²) in [5.41, 5.74) is 2.23. The largest absolute Gasteiger partial charge is 0.396 e. The maximum Gasteiger partial charge on any atom is 0.0972 e. The average molecular weight is 312 g/mol. The molecule has 2 aromatic rings. The van der Waals surface area contributed by atoms with Crippen LogP contribution in [0.1, 0.15) is 29.1 Å². The molecule has 2 nitrogen and oxygen atoms in total. The Bertz CT molecular complexity index is 498. The highest BCUT2D eigenvalue weighted by Crippen LogP contribution is 2.23. The lowest BCUT2D eigenvalue weighted by atomic mass is 10.1. The fraction of sp³-hybridized carbons (Fsp3) is 0.308. The first-order chi connectivity index (χ1) is 8.20. The number of hydrogen-bond donors (Lipinski definition) is 1. The zero-order chi connectivity index (χ0) is 12.3. The van der Waals surface area contributed by atoms with Gasteiger partial charge in [0.05, 0.1) is 17.3 Å².